The van der Waals surface area contributed by atoms with E-state index in [1.807, 2.05) is 35.2 Å². The number of hydrogen-bond acceptors (Lipinski definition) is 9. The topological polar surface area (TPSA) is 95.7 Å². The van der Waals surface area contributed by atoms with E-state index in [2.05, 4.69) is 16.1 Å². The van der Waals surface area contributed by atoms with Crippen LogP contribution in [0.25, 0.3) is 11.3 Å². The van der Waals surface area contributed by atoms with E-state index in [-0.39, 0.29) is 32.7 Å². The fourth-order valence-electron chi connectivity index (χ4n) is 4.35. The van der Waals surface area contributed by atoms with Gasteiger partial charge in [-0.25, -0.2) is 0 Å². The summed E-state index contributed by atoms with van der Waals surface area (Å²) >= 11 is 0. The van der Waals surface area contributed by atoms with Crippen LogP contribution in [0.3, 0.4) is 0 Å². The van der Waals surface area contributed by atoms with Crippen LogP contribution in [-0.2, 0) is 22.7 Å². The van der Waals surface area contributed by atoms with Crippen LogP contribution in [-0.4, -0.2) is 67.2 Å². The van der Waals surface area contributed by atoms with Crippen LogP contribution in [0.15, 0.2) is 47.0 Å². The quantitative estimate of drug-likeness (QED) is 0.507. The van der Waals surface area contributed by atoms with Crippen LogP contribution in [0.5, 0.6) is 23.0 Å². The number of nitrogens with zero attached hydrogens (tertiary/aromatic N) is 3. The molecule has 1 aromatic heterocycles. The van der Waals surface area contributed by atoms with Crippen LogP contribution < -0.4 is 18.9 Å². The molecule has 3 aliphatic rings. The van der Waals surface area contributed by atoms with Crippen molar-refractivity contribution in [3.8, 4) is 34.3 Å². The SMILES string of the molecule is O=C(COCc1cc(-c2ccc3c(c2)OCO3)on1)N1CCN(Cc2ccc3c(c2)OCO3)CC1. The molecule has 182 valence electrons. The minimum Gasteiger partial charge on any atom is -0.454 e. The second kappa shape index (κ2) is 9.47. The fourth-order valence-corrected chi connectivity index (χ4v) is 4.35. The molecule has 0 saturated carbocycles. The Hall–Kier alpha value is -3.76. The standard InChI is InChI=1S/C25H25N3O7/c29-25(28-7-5-27(6-8-28)12-17-1-3-20-23(9-17)33-15-31-20)14-30-13-19-11-22(35-26-19)18-2-4-21-24(10-18)34-16-32-21/h1-4,9-11H,5-8,12-16H2. The van der Waals surface area contributed by atoms with Gasteiger partial charge >= 0.3 is 0 Å². The summed E-state index contributed by atoms with van der Waals surface area (Å²) in [6.07, 6.45) is 0. The summed E-state index contributed by atoms with van der Waals surface area (Å²) in [5, 5.41) is 4.05. The molecule has 0 bridgehead atoms. The molecule has 10 nitrogen and oxygen atoms in total. The molecule has 2 aromatic carbocycles. The lowest BCUT2D eigenvalue weighted by Gasteiger charge is -2.34. The highest BCUT2D eigenvalue weighted by Crippen LogP contribution is 2.36. The van der Waals surface area contributed by atoms with Gasteiger partial charge in [0.25, 0.3) is 0 Å². The third-order valence-electron chi connectivity index (χ3n) is 6.26. The Balaban J connectivity index is 0.945. The number of carbonyl (C=O) groups is 1. The van der Waals surface area contributed by atoms with Crippen molar-refractivity contribution in [2.24, 2.45) is 0 Å². The minimum atomic E-state index is -0.0211. The Morgan fingerprint density at radius 3 is 2.37 bits per heavy atom. The number of ether oxygens (including phenoxy) is 5. The van der Waals surface area contributed by atoms with E-state index in [1.54, 1.807) is 6.07 Å². The largest absolute Gasteiger partial charge is 0.454 e. The van der Waals surface area contributed by atoms with Gasteiger partial charge in [0.1, 0.15) is 12.3 Å². The van der Waals surface area contributed by atoms with Gasteiger partial charge in [-0.05, 0) is 35.9 Å². The number of amides is 1. The van der Waals surface area contributed by atoms with Gasteiger partial charge in [-0.3, -0.25) is 9.69 Å². The predicted molar refractivity (Wildman–Crippen MR) is 122 cm³/mol. The highest BCUT2D eigenvalue weighted by Gasteiger charge is 2.22. The Bertz CT molecular complexity index is 1220. The monoisotopic (exact) mass is 479 g/mol. The first-order valence-corrected chi connectivity index (χ1v) is 11.5. The molecule has 3 aliphatic heterocycles. The summed E-state index contributed by atoms with van der Waals surface area (Å²) in [5.41, 5.74) is 2.63. The van der Waals surface area contributed by atoms with Crippen molar-refractivity contribution >= 4 is 5.91 Å². The summed E-state index contributed by atoms with van der Waals surface area (Å²) in [5.74, 6) is 3.56. The second-order valence-electron chi connectivity index (χ2n) is 8.59. The summed E-state index contributed by atoms with van der Waals surface area (Å²) in [7, 11) is 0. The molecule has 0 spiro atoms. The number of rotatable bonds is 7. The lowest BCUT2D eigenvalue weighted by Crippen LogP contribution is -2.49. The molecule has 1 fully saturated rings. The van der Waals surface area contributed by atoms with E-state index in [1.165, 1.54) is 5.56 Å². The van der Waals surface area contributed by atoms with Crippen molar-refractivity contribution in [1.29, 1.82) is 0 Å². The first-order valence-electron chi connectivity index (χ1n) is 11.5. The molecule has 10 heteroatoms. The van der Waals surface area contributed by atoms with Crippen LogP contribution in [0.4, 0.5) is 0 Å². The molecule has 4 heterocycles. The third kappa shape index (κ3) is 4.75. The van der Waals surface area contributed by atoms with E-state index < -0.39 is 0 Å². The normalized spacial score (nSPS) is 16.6. The Kier molecular flexibility index (Phi) is 5.89. The highest BCUT2D eigenvalue weighted by molar-refractivity contribution is 5.77. The molecule has 1 amide bonds. The number of hydrogen-bond donors (Lipinski definition) is 0. The molecule has 3 aromatic rings. The predicted octanol–water partition coefficient (Wildman–Crippen LogP) is 2.66. The van der Waals surface area contributed by atoms with Gasteiger partial charge in [-0.1, -0.05) is 11.2 Å². The highest BCUT2D eigenvalue weighted by atomic mass is 16.7. The van der Waals surface area contributed by atoms with Crippen LogP contribution in [0, 0.1) is 0 Å². The molecule has 35 heavy (non-hydrogen) atoms. The van der Waals surface area contributed by atoms with E-state index in [4.69, 9.17) is 28.2 Å². The van der Waals surface area contributed by atoms with Crippen molar-refractivity contribution in [3.63, 3.8) is 0 Å². The number of aromatic nitrogens is 1. The van der Waals surface area contributed by atoms with Gasteiger partial charge < -0.3 is 33.1 Å². The average Bonchev–Trinajstić information content (AvgIpc) is 3.64. The number of carbonyl (C=O) groups excluding carboxylic acids is 1. The first-order chi connectivity index (χ1) is 17.2. The van der Waals surface area contributed by atoms with Crippen molar-refractivity contribution in [2.45, 2.75) is 13.2 Å². The molecule has 0 aliphatic carbocycles. The van der Waals surface area contributed by atoms with E-state index in [0.29, 0.717) is 36.0 Å². The lowest BCUT2D eigenvalue weighted by atomic mass is 10.1. The first kappa shape index (κ1) is 21.8. The van der Waals surface area contributed by atoms with Crippen molar-refractivity contribution < 1.29 is 33.0 Å². The van der Waals surface area contributed by atoms with Gasteiger partial charge in [-0.2, -0.15) is 0 Å². The molecular weight excluding hydrogens is 454 g/mol. The van der Waals surface area contributed by atoms with Crippen LogP contribution >= 0.6 is 0 Å². The minimum absolute atomic E-state index is 0.00831. The Morgan fingerprint density at radius 1 is 0.857 bits per heavy atom. The molecule has 1 saturated heterocycles. The van der Waals surface area contributed by atoms with Gasteiger partial charge in [0.15, 0.2) is 28.8 Å². The van der Waals surface area contributed by atoms with Crippen molar-refractivity contribution in [3.05, 3.63) is 53.7 Å². The Morgan fingerprint density at radius 2 is 1.57 bits per heavy atom. The van der Waals surface area contributed by atoms with Gasteiger partial charge in [-0.15, -0.1) is 0 Å². The van der Waals surface area contributed by atoms with Crippen molar-refractivity contribution in [1.82, 2.24) is 15.0 Å². The zero-order valence-electron chi connectivity index (χ0n) is 19.1. The maximum atomic E-state index is 12.6. The number of piperazine rings is 1. The number of benzene rings is 2. The maximum Gasteiger partial charge on any atom is 0.248 e. The van der Waals surface area contributed by atoms with Crippen LogP contribution in [0.2, 0.25) is 0 Å². The molecule has 0 atom stereocenters. The van der Waals surface area contributed by atoms with Crippen molar-refractivity contribution in [2.75, 3.05) is 46.4 Å². The van der Waals surface area contributed by atoms with Crippen LogP contribution in [0.1, 0.15) is 11.3 Å². The average molecular weight is 479 g/mol. The molecule has 0 N–H and O–H groups in total. The molecule has 0 unspecified atom stereocenters. The zero-order valence-corrected chi connectivity index (χ0v) is 19.1. The Labute approximate surface area is 201 Å². The van der Waals surface area contributed by atoms with E-state index in [0.717, 1.165) is 36.7 Å². The second-order valence-corrected chi connectivity index (χ2v) is 8.59. The molecular formula is C25H25N3O7. The van der Waals surface area contributed by atoms with E-state index >= 15 is 0 Å². The fraction of sp³-hybridized carbons (Fsp3) is 0.360. The zero-order chi connectivity index (χ0) is 23.6. The lowest BCUT2D eigenvalue weighted by molar-refractivity contribution is -0.138. The maximum absolute atomic E-state index is 12.6. The van der Waals surface area contributed by atoms with Gasteiger partial charge in [0.05, 0.1) is 6.61 Å². The van der Waals surface area contributed by atoms with E-state index in [9.17, 15) is 4.79 Å². The van der Waals surface area contributed by atoms with Gasteiger partial charge in [0.2, 0.25) is 19.5 Å². The smallest absolute Gasteiger partial charge is 0.248 e. The number of fused-ring (bicyclic) bond motifs is 2. The van der Waals surface area contributed by atoms with Gasteiger partial charge in [0, 0.05) is 44.4 Å². The third-order valence-corrected chi connectivity index (χ3v) is 6.26. The molecule has 6 rings (SSSR count). The molecule has 0 radical (unpaired) electrons. The summed E-state index contributed by atoms with van der Waals surface area (Å²) in [6, 6.07) is 13.4. The summed E-state index contributed by atoms with van der Waals surface area (Å²) in [6.45, 7) is 4.47. The summed E-state index contributed by atoms with van der Waals surface area (Å²) < 4.78 is 32.6. The summed E-state index contributed by atoms with van der Waals surface area (Å²) in [4.78, 5) is 16.8.